The molecule has 1 aromatic rings. The number of carbonyl (C=O) groups is 2. The van der Waals surface area contributed by atoms with Crippen LogP contribution in [-0.4, -0.2) is 41.0 Å². The van der Waals surface area contributed by atoms with Crippen molar-refractivity contribution >= 4 is 24.3 Å². The van der Waals surface area contributed by atoms with E-state index in [1.54, 1.807) is 23.1 Å². The lowest BCUT2D eigenvalue weighted by molar-refractivity contribution is -0.142. The number of likely N-dealkylation sites (tertiary alicyclic amines) is 1. The van der Waals surface area contributed by atoms with E-state index in [4.69, 9.17) is 5.11 Å². The second-order valence-electron chi connectivity index (χ2n) is 4.83. The highest BCUT2D eigenvalue weighted by molar-refractivity contribution is 5.85. The van der Waals surface area contributed by atoms with Crippen LogP contribution in [0, 0.1) is 5.82 Å². The molecule has 1 heterocycles. The van der Waals surface area contributed by atoms with E-state index in [-0.39, 0.29) is 37.2 Å². The van der Waals surface area contributed by atoms with Gasteiger partial charge in [-0.15, -0.1) is 12.4 Å². The summed E-state index contributed by atoms with van der Waals surface area (Å²) in [6, 6.07) is 5.64. The fraction of sp³-hybridized carbons (Fsp3) is 0.429. The largest absolute Gasteiger partial charge is 0.480 e. The number of hydrogen-bond acceptors (Lipinski definition) is 3. The van der Waals surface area contributed by atoms with Crippen molar-refractivity contribution < 1.29 is 19.1 Å². The zero-order valence-corrected chi connectivity index (χ0v) is 12.2. The molecule has 1 aliphatic heterocycles. The molecule has 5 nitrogen and oxygen atoms in total. The van der Waals surface area contributed by atoms with Crippen LogP contribution in [0.4, 0.5) is 4.39 Å². The van der Waals surface area contributed by atoms with Gasteiger partial charge in [-0.1, -0.05) is 18.2 Å². The van der Waals surface area contributed by atoms with Crippen LogP contribution < -0.4 is 5.32 Å². The average Bonchev–Trinajstić information content (AvgIpc) is 2.86. The molecule has 0 radical (unpaired) electrons. The van der Waals surface area contributed by atoms with Gasteiger partial charge in [0.25, 0.3) is 0 Å². The molecule has 1 saturated heterocycles. The molecule has 1 atom stereocenters. The van der Waals surface area contributed by atoms with Crippen LogP contribution in [0.3, 0.4) is 0 Å². The van der Waals surface area contributed by atoms with Crippen molar-refractivity contribution in [3.8, 4) is 0 Å². The molecule has 1 fully saturated rings. The Morgan fingerprint density at radius 3 is 2.76 bits per heavy atom. The molecule has 0 aliphatic carbocycles. The van der Waals surface area contributed by atoms with Crippen LogP contribution >= 0.6 is 12.4 Å². The zero-order valence-electron chi connectivity index (χ0n) is 11.4. The maximum Gasteiger partial charge on any atom is 0.320 e. The first-order chi connectivity index (χ1) is 9.58. The minimum Gasteiger partial charge on any atom is -0.480 e. The third-order valence-corrected chi connectivity index (χ3v) is 3.43. The number of benzene rings is 1. The van der Waals surface area contributed by atoms with Gasteiger partial charge in [0.05, 0.1) is 6.54 Å². The highest BCUT2D eigenvalue weighted by atomic mass is 35.5. The molecule has 21 heavy (non-hydrogen) atoms. The number of carboxylic acids is 1. The summed E-state index contributed by atoms with van der Waals surface area (Å²) in [6.07, 6.45) is 1.34. The first-order valence-electron chi connectivity index (χ1n) is 6.55. The van der Waals surface area contributed by atoms with Crippen molar-refractivity contribution in [2.45, 2.75) is 25.4 Å². The van der Waals surface area contributed by atoms with E-state index in [0.29, 0.717) is 18.5 Å². The Morgan fingerprint density at radius 2 is 2.10 bits per heavy atom. The average molecular weight is 317 g/mol. The smallest absolute Gasteiger partial charge is 0.320 e. The molecule has 0 aromatic heterocycles. The Hall–Kier alpha value is -1.66. The molecular weight excluding hydrogens is 299 g/mol. The van der Waals surface area contributed by atoms with Crippen LogP contribution in [0.5, 0.6) is 0 Å². The Morgan fingerprint density at radius 1 is 1.38 bits per heavy atom. The summed E-state index contributed by atoms with van der Waals surface area (Å²) < 4.78 is 13.4. The lowest BCUT2D eigenvalue weighted by Gasteiger charge is -2.20. The molecule has 7 heteroatoms. The van der Waals surface area contributed by atoms with Crippen molar-refractivity contribution in [2.75, 3.05) is 13.1 Å². The molecule has 0 bridgehead atoms. The van der Waals surface area contributed by atoms with Crippen molar-refractivity contribution in [1.29, 1.82) is 0 Å². The van der Waals surface area contributed by atoms with Gasteiger partial charge in [-0.05, 0) is 25.5 Å². The van der Waals surface area contributed by atoms with E-state index in [1.807, 2.05) is 0 Å². The van der Waals surface area contributed by atoms with Crippen LogP contribution in [0.2, 0.25) is 0 Å². The highest BCUT2D eigenvalue weighted by Crippen LogP contribution is 2.16. The first kappa shape index (κ1) is 17.4. The monoisotopic (exact) mass is 316 g/mol. The Labute approximate surface area is 128 Å². The van der Waals surface area contributed by atoms with Crippen LogP contribution in [0.15, 0.2) is 24.3 Å². The Bertz CT molecular complexity index is 513. The number of rotatable bonds is 5. The number of carboxylic acid groups (broad SMARTS) is 1. The van der Waals surface area contributed by atoms with E-state index in [2.05, 4.69) is 5.32 Å². The second kappa shape index (κ2) is 7.95. The maximum atomic E-state index is 13.4. The summed E-state index contributed by atoms with van der Waals surface area (Å²) in [4.78, 5) is 24.4. The predicted octanol–water partition coefficient (Wildman–Crippen LogP) is 1.41. The van der Waals surface area contributed by atoms with Gasteiger partial charge < -0.3 is 10.4 Å². The molecule has 2 rings (SSSR count). The first-order valence-corrected chi connectivity index (χ1v) is 6.55. The fourth-order valence-electron chi connectivity index (χ4n) is 2.37. The van der Waals surface area contributed by atoms with E-state index in [1.165, 1.54) is 6.07 Å². The molecule has 2 N–H and O–H groups in total. The number of amides is 1. The molecule has 1 amide bonds. The fourth-order valence-corrected chi connectivity index (χ4v) is 2.37. The van der Waals surface area contributed by atoms with E-state index >= 15 is 0 Å². The third kappa shape index (κ3) is 4.68. The van der Waals surface area contributed by atoms with Crippen molar-refractivity contribution in [3.63, 3.8) is 0 Å². The Kier molecular flexibility index (Phi) is 6.58. The number of nitrogens with one attached hydrogen (secondary N) is 1. The molecule has 0 saturated carbocycles. The summed E-state index contributed by atoms with van der Waals surface area (Å²) in [5.41, 5.74) is 0.414. The lowest BCUT2D eigenvalue weighted by Crippen LogP contribution is -2.42. The van der Waals surface area contributed by atoms with Gasteiger partial charge in [0, 0.05) is 12.1 Å². The van der Waals surface area contributed by atoms with Gasteiger partial charge in [-0.2, -0.15) is 0 Å². The summed E-state index contributed by atoms with van der Waals surface area (Å²) in [5.74, 6) is -1.55. The molecule has 1 unspecified atom stereocenters. The number of halogens is 2. The van der Waals surface area contributed by atoms with Gasteiger partial charge in [0.2, 0.25) is 5.91 Å². The third-order valence-electron chi connectivity index (χ3n) is 3.43. The topological polar surface area (TPSA) is 69.6 Å². The van der Waals surface area contributed by atoms with E-state index < -0.39 is 12.0 Å². The van der Waals surface area contributed by atoms with Crippen molar-refractivity contribution in [2.24, 2.45) is 0 Å². The summed E-state index contributed by atoms with van der Waals surface area (Å²) >= 11 is 0. The maximum absolute atomic E-state index is 13.4. The van der Waals surface area contributed by atoms with Gasteiger partial charge in [-0.3, -0.25) is 14.5 Å². The Balaban J connectivity index is 0.00000220. The SMILES string of the molecule is Cl.O=C(CN1CCCC1C(=O)O)NCc1ccccc1F. The van der Waals surface area contributed by atoms with Gasteiger partial charge >= 0.3 is 5.97 Å². The molecule has 1 aromatic carbocycles. The van der Waals surface area contributed by atoms with Crippen LogP contribution in [0.25, 0.3) is 0 Å². The zero-order chi connectivity index (χ0) is 14.5. The minimum atomic E-state index is -0.899. The van der Waals surface area contributed by atoms with Crippen LogP contribution in [-0.2, 0) is 16.1 Å². The number of aliphatic carboxylic acids is 1. The molecular formula is C14H18ClFN2O3. The standard InChI is InChI=1S/C14H17FN2O3.ClH/c15-11-5-2-1-4-10(11)8-16-13(18)9-17-7-3-6-12(17)14(19)20;/h1-2,4-5,12H,3,6-9H2,(H,16,18)(H,19,20);1H. The summed E-state index contributed by atoms with van der Waals surface area (Å²) in [7, 11) is 0. The summed E-state index contributed by atoms with van der Waals surface area (Å²) in [5, 5.41) is 11.6. The molecule has 1 aliphatic rings. The number of nitrogens with zero attached hydrogens (tertiary/aromatic N) is 1. The quantitative estimate of drug-likeness (QED) is 0.862. The van der Waals surface area contributed by atoms with Gasteiger partial charge in [0.1, 0.15) is 11.9 Å². The second-order valence-corrected chi connectivity index (χ2v) is 4.83. The summed E-state index contributed by atoms with van der Waals surface area (Å²) in [6.45, 7) is 0.743. The van der Waals surface area contributed by atoms with Gasteiger partial charge in [-0.25, -0.2) is 4.39 Å². The van der Waals surface area contributed by atoms with Crippen LogP contribution in [0.1, 0.15) is 18.4 Å². The van der Waals surface area contributed by atoms with Gasteiger partial charge in [0.15, 0.2) is 0 Å². The highest BCUT2D eigenvalue weighted by Gasteiger charge is 2.31. The normalized spacial score (nSPS) is 18.0. The van der Waals surface area contributed by atoms with Crippen molar-refractivity contribution in [1.82, 2.24) is 10.2 Å². The number of hydrogen-bond donors (Lipinski definition) is 2. The lowest BCUT2D eigenvalue weighted by atomic mass is 10.2. The number of carbonyl (C=O) groups excluding carboxylic acids is 1. The minimum absolute atomic E-state index is 0. The molecule has 116 valence electrons. The predicted molar refractivity (Wildman–Crippen MR) is 77.7 cm³/mol. The molecule has 0 spiro atoms. The van der Waals surface area contributed by atoms with E-state index in [9.17, 15) is 14.0 Å². The van der Waals surface area contributed by atoms with Crippen molar-refractivity contribution in [3.05, 3.63) is 35.6 Å². The van der Waals surface area contributed by atoms with E-state index in [0.717, 1.165) is 6.42 Å².